The molecule has 1 aromatic carbocycles. The van der Waals surface area contributed by atoms with Crippen molar-refractivity contribution >= 4 is 29.9 Å². The molecule has 124 valence electrons. The Balaban J connectivity index is 0.00000441. The predicted octanol–water partition coefficient (Wildman–Crippen LogP) is 0.732. The fourth-order valence-corrected chi connectivity index (χ4v) is 1.38. The molecule has 22 heavy (non-hydrogen) atoms. The molecule has 0 aliphatic rings. The van der Waals surface area contributed by atoms with Crippen molar-refractivity contribution in [1.29, 1.82) is 0 Å². The van der Waals surface area contributed by atoms with Gasteiger partial charge in [0.25, 0.3) is 0 Å². The largest absolute Gasteiger partial charge is 0.497 e. The van der Waals surface area contributed by atoms with E-state index in [0.717, 1.165) is 0 Å². The summed E-state index contributed by atoms with van der Waals surface area (Å²) < 4.78 is 33.8. The first kappa shape index (κ1) is 19.9. The van der Waals surface area contributed by atoms with E-state index >= 15 is 0 Å². The van der Waals surface area contributed by atoms with Crippen LogP contribution in [-0.4, -0.2) is 38.6 Å². The van der Waals surface area contributed by atoms with Gasteiger partial charge in [-0.05, 0) is 12.1 Å². The number of halogens is 3. The summed E-state index contributed by atoms with van der Waals surface area (Å²) in [5.74, 6) is -1.01. The second-order valence-electron chi connectivity index (χ2n) is 3.77. The minimum atomic E-state index is -3.04. The third-order valence-corrected chi connectivity index (χ3v) is 2.31. The van der Waals surface area contributed by atoms with Gasteiger partial charge in [0.05, 0.1) is 25.9 Å². The standard InChI is InChI=1S/C12H15F2N3O4.ClH/c1-20-7-2-3-9(21-12(13)14)8(4-7)17-11(19)6-16-10(18)5-15;/h2-4,12H,5-6,15H2,1H3,(H,16,18)(H,17,19);1H. The van der Waals surface area contributed by atoms with Gasteiger partial charge in [0, 0.05) is 6.07 Å². The highest BCUT2D eigenvalue weighted by Gasteiger charge is 2.13. The molecule has 0 unspecified atom stereocenters. The number of ether oxygens (including phenoxy) is 2. The second-order valence-corrected chi connectivity index (χ2v) is 3.77. The Labute approximate surface area is 131 Å². The van der Waals surface area contributed by atoms with Gasteiger partial charge in [-0.25, -0.2) is 0 Å². The van der Waals surface area contributed by atoms with Crippen molar-refractivity contribution in [2.24, 2.45) is 5.73 Å². The summed E-state index contributed by atoms with van der Waals surface area (Å²) in [5.41, 5.74) is 5.07. The van der Waals surface area contributed by atoms with Gasteiger partial charge < -0.3 is 25.8 Å². The van der Waals surface area contributed by atoms with Crippen LogP contribution in [0.3, 0.4) is 0 Å². The minimum absolute atomic E-state index is 0. The summed E-state index contributed by atoms with van der Waals surface area (Å²) in [6.07, 6.45) is 0. The summed E-state index contributed by atoms with van der Waals surface area (Å²) in [4.78, 5) is 22.5. The monoisotopic (exact) mass is 339 g/mol. The molecule has 0 aromatic heterocycles. The van der Waals surface area contributed by atoms with Crippen LogP contribution in [0.15, 0.2) is 18.2 Å². The van der Waals surface area contributed by atoms with Crippen molar-refractivity contribution in [3.8, 4) is 11.5 Å². The first-order valence-electron chi connectivity index (χ1n) is 5.85. The van der Waals surface area contributed by atoms with Crippen molar-refractivity contribution in [3.63, 3.8) is 0 Å². The minimum Gasteiger partial charge on any atom is -0.497 e. The van der Waals surface area contributed by atoms with Crippen molar-refractivity contribution in [3.05, 3.63) is 18.2 Å². The molecule has 0 radical (unpaired) electrons. The average Bonchev–Trinajstić information content (AvgIpc) is 2.46. The molecule has 4 N–H and O–H groups in total. The SMILES string of the molecule is COc1ccc(OC(F)F)c(NC(=O)CNC(=O)CN)c1.Cl. The lowest BCUT2D eigenvalue weighted by atomic mass is 10.2. The van der Waals surface area contributed by atoms with Crippen molar-refractivity contribution in [2.75, 3.05) is 25.5 Å². The Kier molecular flexibility index (Phi) is 8.80. The normalized spacial score (nSPS) is 9.68. The maximum absolute atomic E-state index is 12.3. The van der Waals surface area contributed by atoms with Crippen LogP contribution in [0.1, 0.15) is 0 Å². The number of rotatable bonds is 7. The highest BCUT2D eigenvalue weighted by molar-refractivity contribution is 5.96. The van der Waals surface area contributed by atoms with Crippen molar-refractivity contribution in [1.82, 2.24) is 5.32 Å². The first-order valence-corrected chi connectivity index (χ1v) is 5.85. The van der Waals surface area contributed by atoms with Gasteiger partial charge in [0.1, 0.15) is 11.5 Å². The highest BCUT2D eigenvalue weighted by atomic mass is 35.5. The average molecular weight is 340 g/mol. The predicted molar refractivity (Wildman–Crippen MR) is 77.6 cm³/mol. The molecule has 0 aliphatic carbocycles. The van der Waals surface area contributed by atoms with Crippen LogP contribution < -0.4 is 25.8 Å². The van der Waals surface area contributed by atoms with Crippen LogP contribution in [0, 0.1) is 0 Å². The number of carbonyl (C=O) groups excluding carboxylic acids is 2. The Morgan fingerprint density at radius 1 is 1.32 bits per heavy atom. The van der Waals surface area contributed by atoms with Crippen molar-refractivity contribution < 1.29 is 27.8 Å². The molecule has 7 nitrogen and oxygen atoms in total. The molecule has 10 heteroatoms. The van der Waals surface area contributed by atoms with E-state index in [4.69, 9.17) is 10.5 Å². The third-order valence-electron chi connectivity index (χ3n) is 2.31. The Morgan fingerprint density at radius 2 is 2.00 bits per heavy atom. The summed E-state index contributed by atoms with van der Waals surface area (Å²) in [6, 6.07) is 3.96. The fraction of sp³-hybridized carbons (Fsp3) is 0.333. The molecule has 1 aromatic rings. The summed E-state index contributed by atoms with van der Waals surface area (Å²) in [7, 11) is 1.38. The number of amides is 2. The number of carbonyl (C=O) groups is 2. The van der Waals surface area contributed by atoms with Crippen LogP contribution in [0.2, 0.25) is 0 Å². The molecule has 0 spiro atoms. The van der Waals surface area contributed by atoms with Gasteiger partial charge in [0.2, 0.25) is 11.8 Å². The van der Waals surface area contributed by atoms with E-state index in [2.05, 4.69) is 15.4 Å². The molecule has 0 bridgehead atoms. The number of nitrogens with two attached hydrogens (primary N) is 1. The van der Waals surface area contributed by atoms with Crippen molar-refractivity contribution in [2.45, 2.75) is 6.61 Å². The van der Waals surface area contributed by atoms with Crippen LogP contribution in [0.5, 0.6) is 11.5 Å². The molecular formula is C12H16ClF2N3O4. The molecule has 2 amide bonds. The topological polar surface area (TPSA) is 103 Å². The summed E-state index contributed by atoms with van der Waals surface area (Å²) >= 11 is 0. The number of anilines is 1. The molecule has 0 aliphatic heterocycles. The molecule has 1 rings (SSSR count). The zero-order valence-electron chi connectivity index (χ0n) is 11.6. The highest BCUT2D eigenvalue weighted by Crippen LogP contribution is 2.30. The molecule has 0 saturated heterocycles. The lowest BCUT2D eigenvalue weighted by Gasteiger charge is -2.13. The van der Waals surface area contributed by atoms with E-state index in [1.807, 2.05) is 0 Å². The van der Waals surface area contributed by atoms with Gasteiger partial charge in [-0.15, -0.1) is 12.4 Å². The van der Waals surface area contributed by atoms with Gasteiger partial charge >= 0.3 is 6.61 Å². The zero-order valence-corrected chi connectivity index (χ0v) is 12.4. The van der Waals surface area contributed by atoms with Crippen LogP contribution in [0.25, 0.3) is 0 Å². The van der Waals surface area contributed by atoms with Crippen LogP contribution in [0.4, 0.5) is 14.5 Å². The maximum Gasteiger partial charge on any atom is 0.387 e. The molecule has 0 fully saturated rings. The van der Waals surface area contributed by atoms with Crippen LogP contribution in [-0.2, 0) is 9.59 Å². The number of alkyl halides is 2. The number of hydrogen-bond donors (Lipinski definition) is 3. The summed E-state index contributed by atoms with van der Waals surface area (Å²) in [5, 5.41) is 4.58. The zero-order chi connectivity index (χ0) is 15.8. The number of nitrogens with one attached hydrogen (secondary N) is 2. The lowest BCUT2D eigenvalue weighted by molar-refractivity contribution is -0.123. The van der Waals surface area contributed by atoms with E-state index < -0.39 is 18.4 Å². The lowest BCUT2D eigenvalue weighted by Crippen LogP contribution is -2.36. The maximum atomic E-state index is 12.3. The van der Waals surface area contributed by atoms with Gasteiger partial charge in [-0.1, -0.05) is 0 Å². The van der Waals surface area contributed by atoms with E-state index in [1.165, 1.54) is 25.3 Å². The third kappa shape index (κ3) is 6.55. The molecular weight excluding hydrogens is 324 g/mol. The Bertz CT molecular complexity index is 517. The van der Waals surface area contributed by atoms with E-state index in [1.54, 1.807) is 0 Å². The number of hydrogen-bond acceptors (Lipinski definition) is 5. The smallest absolute Gasteiger partial charge is 0.387 e. The quantitative estimate of drug-likeness (QED) is 0.679. The van der Waals surface area contributed by atoms with Gasteiger partial charge in [-0.2, -0.15) is 8.78 Å². The Morgan fingerprint density at radius 3 is 2.55 bits per heavy atom. The molecule has 0 saturated carbocycles. The van der Waals surface area contributed by atoms with E-state index in [9.17, 15) is 18.4 Å². The van der Waals surface area contributed by atoms with Gasteiger partial charge in [-0.3, -0.25) is 9.59 Å². The van der Waals surface area contributed by atoms with Gasteiger partial charge in [0.15, 0.2) is 0 Å². The van der Waals surface area contributed by atoms with E-state index in [0.29, 0.717) is 5.75 Å². The second kappa shape index (κ2) is 9.74. The number of benzene rings is 1. The summed E-state index contributed by atoms with van der Waals surface area (Å²) in [6.45, 7) is -3.64. The number of methoxy groups -OCH3 is 1. The van der Waals surface area contributed by atoms with Crippen LogP contribution >= 0.6 is 12.4 Å². The molecule has 0 atom stereocenters. The Hall–Kier alpha value is -2.13. The first-order chi connectivity index (χ1) is 9.96. The van der Waals surface area contributed by atoms with E-state index in [-0.39, 0.29) is 36.9 Å². The fourth-order valence-electron chi connectivity index (χ4n) is 1.38. The molecule has 0 heterocycles.